The van der Waals surface area contributed by atoms with Crippen molar-refractivity contribution in [3.05, 3.63) is 65.4 Å². The van der Waals surface area contributed by atoms with E-state index in [1.165, 1.54) is 5.56 Å². The Morgan fingerprint density at radius 2 is 1.87 bits per heavy atom. The maximum Gasteiger partial charge on any atom is 0.152 e. The van der Waals surface area contributed by atoms with Crippen LogP contribution in [0.2, 0.25) is 0 Å². The molecule has 0 fully saturated rings. The zero-order valence-corrected chi connectivity index (χ0v) is 13.7. The van der Waals surface area contributed by atoms with E-state index in [1.54, 1.807) is 0 Å². The highest BCUT2D eigenvalue weighted by Crippen LogP contribution is 2.29. The molecule has 3 nitrogen and oxygen atoms in total. The predicted octanol–water partition coefficient (Wildman–Crippen LogP) is 4.60. The second-order valence-corrected chi connectivity index (χ2v) is 6.03. The molecule has 1 heterocycles. The van der Waals surface area contributed by atoms with Crippen LogP contribution in [-0.2, 0) is 6.54 Å². The summed E-state index contributed by atoms with van der Waals surface area (Å²) >= 11 is 0. The minimum atomic E-state index is 0.111. The van der Waals surface area contributed by atoms with Gasteiger partial charge in [-0.15, -0.1) is 0 Å². The normalized spacial score (nSPS) is 11.1. The van der Waals surface area contributed by atoms with Gasteiger partial charge in [-0.3, -0.25) is 4.79 Å². The Morgan fingerprint density at radius 3 is 2.52 bits per heavy atom. The maximum atomic E-state index is 11.6. The summed E-state index contributed by atoms with van der Waals surface area (Å²) in [5.41, 5.74) is 4.00. The zero-order valence-electron chi connectivity index (χ0n) is 13.7. The van der Waals surface area contributed by atoms with Crippen LogP contribution in [0.1, 0.15) is 35.5 Å². The van der Waals surface area contributed by atoms with Crippen molar-refractivity contribution in [2.24, 2.45) is 0 Å². The van der Waals surface area contributed by atoms with Gasteiger partial charge in [0, 0.05) is 28.7 Å². The molecule has 0 radical (unpaired) electrons. The number of rotatable bonds is 5. The Hall–Kier alpha value is -2.55. The second kappa shape index (κ2) is 6.29. The smallest absolute Gasteiger partial charge is 0.152 e. The number of hydrogen-bond acceptors (Lipinski definition) is 2. The van der Waals surface area contributed by atoms with Crippen molar-refractivity contribution in [1.82, 2.24) is 4.57 Å². The minimum Gasteiger partial charge on any atom is -0.491 e. The molecule has 0 unspecified atom stereocenters. The van der Waals surface area contributed by atoms with Crippen LogP contribution in [0.5, 0.6) is 5.75 Å². The zero-order chi connectivity index (χ0) is 16.4. The van der Waals surface area contributed by atoms with Gasteiger partial charge < -0.3 is 9.30 Å². The van der Waals surface area contributed by atoms with Gasteiger partial charge in [0.25, 0.3) is 0 Å². The average molecular weight is 307 g/mol. The molecule has 23 heavy (non-hydrogen) atoms. The molecule has 1 aromatic heterocycles. The van der Waals surface area contributed by atoms with E-state index < -0.39 is 0 Å². The van der Waals surface area contributed by atoms with Crippen LogP contribution >= 0.6 is 0 Å². The number of aromatic nitrogens is 1. The fraction of sp³-hybridized carbons (Fsp3) is 0.250. The first-order valence-electron chi connectivity index (χ1n) is 7.88. The van der Waals surface area contributed by atoms with E-state index in [9.17, 15) is 4.79 Å². The highest BCUT2D eigenvalue weighted by atomic mass is 16.5. The first-order valence-corrected chi connectivity index (χ1v) is 7.88. The summed E-state index contributed by atoms with van der Waals surface area (Å²) in [6, 6.07) is 16.2. The van der Waals surface area contributed by atoms with Gasteiger partial charge in [-0.2, -0.15) is 0 Å². The summed E-state index contributed by atoms with van der Waals surface area (Å²) in [6.45, 7) is 6.74. The highest BCUT2D eigenvalue weighted by Gasteiger charge is 2.15. The molecular weight excluding hydrogens is 286 g/mol. The Morgan fingerprint density at radius 1 is 1.13 bits per heavy atom. The summed E-state index contributed by atoms with van der Waals surface area (Å²) in [5, 5.41) is 0.951. The number of carbonyl (C=O) groups is 1. The molecule has 0 saturated heterocycles. The molecule has 0 N–H and O–H groups in total. The lowest BCUT2D eigenvalue weighted by molar-refractivity contribution is 0.112. The second-order valence-electron chi connectivity index (χ2n) is 6.03. The van der Waals surface area contributed by atoms with Crippen molar-refractivity contribution in [3.63, 3.8) is 0 Å². The highest BCUT2D eigenvalue weighted by molar-refractivity contribution is 6.00. The lowest BCUT2D eigenvalue weighted by Crippen LogP contribution is -2.05. The van der Waals surface area contributed by atoms with Gasteiger partial charge in [-0.1, -0.05) is 30.3 Å². The maximum absolute atomic E-state index is 11.6. The van der Waals surface area contributed by atoms with Crippen LogP contribution in [0.15, 0.2) is 48.5 Å². The summed E-state index contributed by atoms with van der Waals surface area (Å²) in [4.78, 5) is 11.6. The van der Waals surface area contributed by atoms with E-state index in [2.05, 4.69) is 16.7 Å². The number of nitrogens with zero attached hydrogens (tertiary/aromatic N) is 1. The van der Waals surface area contributed by atoms with E-state index >= 15 is 0 Å². The third-order valence-electron chi connectivity index (χ3n) is 4.02. The summed E-state index contributed by atoms with van der Waals surface area (Å²) in [6.07, 6.45) is 1.05. The number of hydrogen-bond donors (Lipinski definition) is 0. The summed E-state index contributed by atoms with van der Waals surface area (Å²) in [5.74, 6) is 0.799. The van der Waals surface area contributed by atoms with E-state index in [0.29, 0.717) is 0 Å². The van der Waals surface area contributed by atoms with Crippen molar-refractivity contribution < 1.29 is 9.53 Å². The Bertz CT molecular complexity index is 832. The van der Waals surface area contributed by atoms with Crippen molar-refractivity contribution >= 4 is 17.2 Å². The van der Waals surface area contributed by atoms with E-state index in [4.69, 9.17) is 4.74 Å². The molecule has 0 saturated carbocycles. The summed E-state index contributed by atoms with van der Waals surface area (Å²) < 4.78 is 7.95. The molecule has 0 bridgehead atoms. The molecule has 0 aliphatic rings. The fourth-order valence-electron chi connectivity index (χ4n) is 2.95. The fourth-order valence-corrected chi connectivity index (χ4v) is 2.95. The van der Waals surface area contributed by atoms with E-state index in [0.717, 1.165) is 40.7 Å². The number of carbonyl (C=O) groups excluding carboxylic acids is 1. The topological polar surface area (TPSA) is 31.2 Å². The SMILES string of the molecule is Cc1c(C=O)c2cc(OC(C)C)ccc2n1Cc1ccccc1. The average Bonchev–Trinajstić information content (AvgIpc) is 2.79. The molecule has 0 atom stereocenters. The molecule has 0 spiro atoms. The molecule has 0 amide bonds. The molecule has 0 aliphatic carbocycles. The van der Waals surface area contributed by atoms with Crippen molar-refractivity contribution in [3.8, 4) is 5.75 Å². The lowest BCUT2D eigenvalue weighted by Gasteiger charge is -2.11. The Labute approximate surface area is 136 Å². The third-order valence-corrected chi connectivity index (χ3v) is 4.02. The Kier molecular flexibility index (Phi) is 4.20. The third kappa shape index (κ3) is 3.00. The first-order chi connectivity index (χ1) is 11.1. The van der Waals surface area contributed by atoms with Gasteiger partial charge in [-0.25, -0.2) is 0 Å². The molecule has 3 heteroatoms. The molecule has 118 valence electrons. The first kappa shape index (κ1) is 15.3. The predicted molar refractivity (Wildman–Crippen MR) is 93.4 cm³/mol. The standard InChI is InChI=1S/C20H21NO2/c1-14(2)23-17-9-10-20-18(11-17)19(13-22)15(3)21(20)12-16-7-5-4-6-8-16/h4-11,13-14H,12H2,1-3H3. The van der Waals surface area contributed by atoms with Crippen molar-refractivity contribution in [2.45, 2.75) is 33.4 Å². The van der Waals surface area contributed by atoms with Crippen LogP contribution in [0.3, 0.4) is 0 Å². The van der Waals surface area contributed by atoms with Gasteiger partial charge in [0.1, 0.15) is 5.75 Å². The monoisotopic (exact) mass is 307 g/mol. The van der Waals surface area contributed by atoms with Crippen LogP contribution in [0, 0.1) is 6.92 Å². The van der Waals surface area contributed by atoms with Crippen LogP contribution in [0.25, 0.3) is 10.9 Å². The quantitative estimate of drug-likeness (QED) is 0.645. The van der Waals surface area contributed by atoms with E-state index in [-0.39, 0.29) is 6.10 Å². The van der Waals surface area contributed by atoms with Crippen molar-refractivity contribution in [2.75, 3.05) is 0 Å². The van der Waals surface area contributed by atoms with Crippen LogP contribution < -0.4 is 4.74 Å². The van der Waals surface area contributed by atoms with Gasteiger partial charge >= 0.3 is 0 Å². The van der Waals surface area contributed by atoms with E-state index in [1.807, 2.05) is 57.2 Å². The summed E-state index contributed by atoms with van der Waals surface area (Å²) in [7, 11) is 0. The van der Waals surface area contributed by atoms with Crippen LogP contribution in [-0.4, -0.2) is 17.0 Å². The Balaban J connectivity index is 2.11. The van der Waals surface area contributed by atoms with Gasteiger partial charge in [0.15, 0.2) is 6.29 Å². The largest absolute Gasteiger partial charge is 0.491 e. The lowest BCUT2D eigenvalue weighted by atomic mass is 10.1. The minimum absolute atomic E-state index is 0.111. The number of fused-ring (bicyclic) bond motifs is 1. The van der Waals surface area contributed by atoms with Gasteiger partial charge in [0.2, 0.25) is 0 Å². The number of ether oxygens (including phenoxy) is 1. The van der Waals surface area contributed by atoms with Crippen LogP contribution in [0.4, 0.5) is 0 Å². The number of aldehydes is 1. The van der Waals surface area contributed by atoms with Gasteiger partial charge in [-0.05, 0) is 44.5 Å². The number of benzene rings is 2. The van der Waals surface area contributed by atoms with Gasteiger partial charge in [0.05, 0.1) is 6.10 Å². The van der Waals surface area contributed by atoms with Crippen molar-refractivity contribution in [1.29, 1.82) is 0 Å². The molecule has 3 aromatic rings. The molecular formula is C20H21NO2. The molecule has 3 rings (SSSR count). The molecule has 2 aromatic carbocycles. The molecule has 0 aliphatic heterocycles.